The molecule has 0 spiro atoms. The first-order valence-corrected chi connectivity index (χ1v) is 5.25. The average Bonchev–Trinajstić information content (AvgIpc) is 2.30. The molecule has 16 heavy (non-hydrogen) atoms. The number of nitrogens with one attached hydrogen (secondary N) is 2. The third-order valence-corrected chi connectivity index (χ3v) is 2.63. The SMILES string of the molecule is CNC(C)CNc1nnc(C)c(C)c1C#N. The van der Waals surface area contributed by atoms with Crippen molar-refractivity contribution in [3.05, 3.63) is 16.8 Å². The van der Waals surface area contributed by atoms with Crippen molar-refractivity contribution in [1.82, 2.24) is 15.5 Å². The van der Waals surface area contributed by atoms with Crippen LogP contribution in [-0.2, 0) is 0 Å². The van der Waals surface area contributed by atoms with Gasteiger partial charge in [-0.25, -0.2) is 0 Å². The van der Waals surface area contributed by atoms with Gasteiger partial charge in [-0.05, 0) is 33.4 Å². The van der Waals surface area contributed by atoms with Crippen LogP contribution in [0, 0.1) is 25.2 Å². The van der Waals surface area contributed by atoms with Crippen molar-refractivity contribution < 1.29 is 0 Å². The van der Waals surface area contributed by atoms with Crippen LogP contribution in [0.1, 0.15) is 23.7 Å². The van der Waals surface area contributed by atoms with Crippen molar-refractivity contribution in [2.75, 3.05) is 18.9 Å². The minimum Gasteiger partial charge on any atom is -0.366 e. The van der Waals surface area contributed by atoms with Crippen LogP contribution in [0.15, 0.2) is 0 Å². The summed E-state index contributed by atoms with van der Waals surface area (Å²) < 4.78 is 0. The van der Waals surface area contributed by atoms with Crippen LogP contribution in [-0.4, -0.2) is 29.8 Å². The van der Waals surface area contributed by atoms with Gasteiger partial charge in [0.15, 0.2) is 5.82 Å². The van der Waals surface area contributed by atoms with Gasteiger partial charge in [0, 0.05) is 12.6 Å². The number of aryl methyl sites for hydroxylation is 1. The van der Waals surface area contributed by atoms with Crippen molar-refractivity contribution in [1.29, 1.82) is 5.26 Å². The zero-order chi connectivity index (χ0) is 12.1. The molecule has 1 heterocycles. The summed E-state index contributed by atoms with van der Waals surface area (Å²) in [5.41, 5.74) is 2.26. The molecule has 0 aromatic carbocycles. The Balaban J connectivity index is 2.89. The van der Waals surface area contributed by atoms with Crippen molar-refractivity contribution in [3.8, 4) is 6.07 Å². The lowest BCUT2D eigenvalue weighted by molar-refractivity contribution is 0.636. The number of hydrogen-bond donors (Lipinski definition) is 2. The van der Waals surface area contributed by atoms with E-state index in [1.54, 1.807) is 0 Å². The molecule has 1 aromatic heterocycles. The second kappa shape index (κ2) is 5.42. The second-order valence-corrected chi connectivity index (χ2v) is 3.82. The Morgan fingerprint density at radius 1 is 1.38 bits per heavy atom. The van der Waals surface area contributed by atoms with E-state index in [1.165, 1.54) is 0 Å². The van der Waals surface area contributed by atoms with Gasteiger partial charge in [0.1, 0.15) is 11.6 Å². The number of rotatable bonds is 4. The summed E-state index contributed by atoms with van der Waals surface area (Å²) in [6, 6.07) is 2.48. The molecule has 0 saturated heterocycles. The Labute approximate surface area is 95.9 Å². The van der Waals surface area contributed by atoms with Crippen LogP contribution in [0.4, 0.5) is 5.82 Å². The van der Waals surface area contributed by atoms with E-state index in [2.05, 4.69) is 26.9 Å². The molecule has 1 atom stereocenters. The number of anilines is 1. The van der Waals surface area contributed by atoms with E-state index in [0.29, 0.717) is 24.0 Å². The summed E-state index contributed by atoms with van der Waals surface area (Å²) in [5, 5.41) is 23.3. The smallest absolute Gasteiger partial charge is 0.166 e. The fraction of sp³-hybridized carbons (Fsp3) is 0.545. The third-order valence-electron chi connectivity index (χ3n) is 2.63. The highest BCUT2D eigenvalue weighted by Crippen LogP contribution is 2.16. The lowest BCUT2D eigenvalue weighted by Gasteiger charge is -2.13. The van der Waals surface area contributed by atoms with E-state index >= 15 is 0 Å². The van der Waals surface area contributed by atoms with Crippen LogP contribution in [0.25, 0.3) is 0 Å². The number of nitriles is 1. The van der Waals surface area contributed by atoms with Gasteiger partial charge in [-0.2, -0.15) is 10.4 Å². The van der Waals surface area contributed by atoms with Crippen LogP contribution < -0.4 is 10.6 Å². The summed E-state index contributed by atoms with van der Waals surface area (Å²) in [7, 11) is 1.89. The highest BCUT2D eigenvalue weighted by Gasteiger charge is 2.10. The molecular formula is C11H17N5. The lowest BCUT2D eigenvalue weighted by atomic mass is 10.1. The van der Waals surface area contributed by atoms with E-state index in [4.69, 9.17) is 5.26 Å². The molecule has 1 aromatic rings. The maximum atomic E-state index is 9.07. The molecule has 86 valence electrons. The highest BCUT2D eigenvalue weighted by atomic mass is 15.2. The molecular weight excluding hydrogens is 202 g/mol. The number of nitrogens with zero attached hydrogens (tertiary/aromatic N) is 3. The molecule has 0 radical (unpaired) electrons. The normalized spacial score (nSPS) is 11.9. The number of likely N-dealkylation sites (N-methyl/N-ethyl adjacent to an activating group) is 1. The Bertz CT molecular complexity index is 408. The molecule has 0 aliphatic rings. The Morgan fingerprint density at radius 3 is 2.62 bits per heavy atom. The quantitative estimate of drug-likeness (QED) is 0.789. The van der Waals surface area contributed by atoms with Gasteiger partial charge in [0.25, 0.3) is 0 Å². The van der Waals surface area contributed by atoms with Gasteiger partial charge in [-0.3, -0.25) is 0 Å². The third kappa shape index (κ3) is 2.67. The molecule has 5 nitrogen and oxygen atoms in total. The predicted octanol–water partition coefficient (Wildman–Crippen LogP) is 0.985. The molecule has 0 fully saturated rings. The molecule has 1 rings (SSSR count). The van der Waals surface area contributed by atoms with Gasteiger partial charge >= 0.3 is 0 Å². The maximum absolute atomic E-state index is 9.07. The van der Waals surface area contributed by atoms with Crippen LogP contribution in [0.3, 0.4) is 0 Å². The van der Waals surface area contributed by atoms with E-state index < -0.39 is 0 Å². The zero-order valence-electron chi connectivity index (χ0n) is 10.1. The highest BCUT2D eigenvalue weighted by molar-refractivity contribution is 5.55. The average molecular weight is 219 g/mol. The van der Waals surface area contributed by atoms with E-state index in [-0.39, 0.29) is 0 Å². The van der Waals surface area contributed by atoms with Crippen LogP contribution >= 0.6 is 0 Å². The van der Waals surface area contributed by atoms with Crippen molar-refractivity contribution in [2.45, 2.75) is 26.8 Å². The summed E-state index contributed by atoms with van der Waals surface area (Å²) >= 11 is 0. The van der Waals surface area contributed by atoms with Gasteiger partial charge in [0.2, 0.25) is 0 Å². The molecule has 5 heteroatoms. The minimum atomic E-state index is 0.315. The summed E-state index contributed by atoms with van der Waals surface area (Å²) in [6.45, 7) is 6.49. The molecule has 0 bridgehead atoms. The largest absolute Gasteiger partial charge is 0.366 e. The topological polar surface area (TPSA) is 73.6 Å². The zero-order valence-corrected chi connectivity index (χ0v) is 10.1. The first kappa shape index (κ1) is 12.4. The summed E-state index contributed by atoms with van der Waals surface area (Å²) in [6.07, 6.45) is 0. The summed E-state index contributed by atoms with van der Waals surface area (Å²) in [4.78, 5) is 0. The van der Waals surface area contributed by atoms with Gasteiger partial charge in [-0.15, -0.1) is 5.10 Å². The Kier molecular flexibility index (Phi) is 4.20. The van der Waals surface area contributed by atoms with Crippen LogP contribution in [0.2, 0.25) is 0 Å². The van der Waals surface area contributed by atoms with Crippen molar-refractivity contribution in [2.24, 2.45) is 0 Å². The van der Waals surface area contributed by atoms with Crippen LogP contribution in [0.5, 0.6) is 0 Å². The minimum absolute atomic E-state index is 0.315. The first-order valence-electron chi connectivity index (χ1n) is 5.25. The Morgan fingerprint density at radius 2 is 2.06 bits per heavy atom. The second-order valence-electron chi connectivity index (χ2n) is 3.82. The summed E-state index contributed by atoms with van der Waals surface area (Å²) in [5.74, 6) is 0.563. The van der Waals surface area contributed by atoms with Gasteiger partial charge in [0.05, 0.1) is 5.69 Å². The first-order chi connectivity index (χ1) is 7.60. The molecule has 2 N–H and O–H groups in total. The molecule has 0 amide bonds. The van der Waals surface area contributed by atoms with Gasteiger partial charge in [-0.1, -0.05) is 0 Å². The number of aromatic nitrogens is 2. The molecule has 0 aliphatic carbocycles. The molecule has 0 aliphatic heterocycles. The van der Waals surface area contributed by atoms with Crippen molar-refractivity contribution >= 4 is 5.82 Å². The fourth-order valence-electron chi connectivity index (χ4n) is 1.22. The maximum Gasteiger partial charge on any atom is 0.166 e. The van der Waals surface area contributed by atoms with Gasteiger partial charge < -0.3 is 10.6 Å². The standard InChI is InChI=1S/C11H17N5/c1-7(13-4)6-14-11-10(5-12)8(2)9(3)15-16-11/h7,13H,6H2,1-4H3,(H,14,16). The molecule has 0 saturated carbocycles. The Hall–Kier alpha value is -1.67. The number of hydrogen-bond acceptors (Lipinski definition) is 5. The monoisotopic (exact) mass is 219 g/mol. The van der Waals surface area contributed by atoms with Crippen molar-refractivity contribution in [3.63, 3.8) is 0 Å². The van der Waals surface area contributed by atoms with E-state index in [9.17, 15) is 0 Å². The predicted molar refractivity (Wildman–Crippen MR) is 63.2 cm³/mol. The molecule has 1 unspecified atom stereocenters. The van der Waals surface area contributed by atoms with E-state index in [0.717, 1.165) is 11.3 Å². The van der Waals surface area contributed by atoms with E-state index in [1.807, 2.05) is 27.8 Å². The lowest BCUT2D eigenvalue weighted by Crippen LogP contribution is -2.29. The fourth-order valence-corrected chi connectivity index (χ4v) is 1.22.